The first-order valence-corrected chi connectivity index (χ1v) is 5.61. The Morgan fingerprint density at radius 2 is 1.89 bits per heavy atom. The van der Waals surface area contributed by atoms with Gasteiger partial charge in [-0.2, -0.15) is 10.2 Å². The third kappa shape index (κ3) is 2.19. The van der Waals surface area contributed by atoms with Gasteiger partial charge in [-0.1, -0.05) is 18.2 Å². The highest BCUT2D eigenvalue weighted by atomic mass is 16.5. The second kappa shape index (κ2) is 4.70. The lowest BCUT2D eigenvalue weighted by atomic mass is 10.2. The summed E-state index contributed by atoms with van der Waals surface area (Å²) in [7, 11) is 0. The fraction of sp³-hybridized carbons (Fsp3) is 0. The Kier molecular flexibility index (Phi) is 2.75. The van der Waals surface area contributed by atoms with E-state index in [2.05, 4.69) is 15.0 Å². The summed E-state index contributed by atoms with van der Waals surface area (Å²) in [4.78, 5) is 12.2. The molecule has 0 amide bonds. The van der Waals surface area contributed by atoms with E-state index < -0.39 is 0 Å². The summed E-state index contributed by atoms with van der Waals surface area (Å²) in [6, 6.07) is 13.0. The molecule has 0 aliphatic rings. The van der Waals surface area contributed by atoms with E-state index in [1.165, 1.54) is 12.3 Å². The van der Waals surface area contributed by atoms with E-state index in [4.69, 9.17) is 10.00 Å². The van der Waals surface area contributed by atoms with Crippen LogP contribution in [-0.4, -0.2) is 15.0 Å². The first kappa shape index (κ1) is 11.1. The number of hydrogen-bond acceptors (Lipinski definition) is 5. The Labute approximate surface area is 109 Å². The van der Waals surface area contributed by atoms with Gasteiger partial charge in [0.15, 0.2) is 5.75 Å². The second-order valence-corrected chi connectivity index (χ2v) is 3.77. The molecule has 0 bridgehead atoms. The van der Waals surface area contributed by atoms with Crippen molar-refractivity contribution in [1.29, 1.82) is 5.26 Å². The Morgan fingerprint density at radius 1 is 1.00 bits per heavy atom. The molecule has 19 heavy (non-hydrogen) atoms. The maximum absolute atomic E-state index is 8.79. The van der Waals surface area contributed by atoms with Crippen molar-refractivity contribution in [2.75, 3.05) is 0 Å². The molecule has 0 atom stereocenters. The van der Waals surface area contributed by atoms with Crippen molar-refractivity contribution in [3.8, 4) is 17.8 Å². The first-order valence-electron chi connectivity index (χ1n) is 5.61. The molecule has 0 saturated carbocycles. The summed E-state index contributed by atoms with van der Waals surface area (Å²) in [5, 5.41) is 9.76. The number of ether oxygens (including phenoxy) is 1. The van der Waals surface area contributed by atoms with Crippen LogP contribution in [0, 0.1) is 11.3 Å². The van der Waals surface area contributed by atoms with Crippen LogP contribution in [-0.2, 0) is 0 Å². The smallest absolute Gasteiger partial charge is 0.323 e. The van der Waals surface area contributed by atoms with Crippen LogP contribution in [0.5, 0.6) is 11.8 Å². The van der Waals surface area contributed by atoms with Gasteiger partial charge in [-0.25, -0.2) is 4.98 Å². The zero-order chi connectivity index (χ0) is 13.1. The highest BCUT2D eigenvalue weighted by Crippen LogP contribution is 2.26. The molecular weight excluding hydrogens is 240 g/mol. The van der Waals surface area contributed by atoms with Gasteiger partial charge in [0.2, 0.25) is 0 Å². The number of pyridine rings is 1. The fourth-order valence-electron chi connectivity index (χ4n) is 1.71. The third-order valence-corrected chi connectivity index (χ3v) is 2.54. The molecule has 0 fully saturated rings. The van der Waals surface area contributed by atoms with E-state index in [-0.39, 0.29) is 11.7 Å². The van der Waals surface area contributed by atoms with Crippen molar-refractivity contribution in [3.63, 3.8) is 0 Å². The number of fused-ring (bicyclic) bond motifs is 1. The fourth-order valence-corrected chi connectivity index (χ4v) is 1.71. The minimum absolute atomic E-state index is 0.136. The van der Waals surface area contributed by atoms with Gasteiger partial charge in [0.05, 0.1) is 0 Å². The van der Waals surface area contributed by atoms with E-state index in [9.17, 15) is 0 Å². The monoisotopic (exact) mass is 248 g/mol. The van der Waals surface area contributed by atoms with Crippen molar-refractivity contribution in [3.05, 3.63) is 54.5 Å². The predicted molar refractivity (Wildman–Crippen MR) is 68.6 cm³/mol. The van der Waals surface area contributed by atoms with Crippen LogP contribution in [0.2, 0.25) is 0 Å². The summed E-state index contributed by atoms with van der Waals surface area (Å²) in [5.41, 5.74) is 0.995. The van der Waals surface area contributed by atoms with Crippen LogP contribution in [0.25, 0.3) is 10.9 Å². The van der Waals surface area contributed by atoms with E-state index in [0.29, 0.717) is 5.75 Å². The molecule has 2 aromatic heterocycles. The summed E-state index contributed by atoms with van der Waals surface area (Å²) >= 11 is 0. The first-order chi connectivity index (χ1) is 9.36. The maximum Gasteiger partial charge on any atom is 0.323 e. The Morgan fingerprint density at radius 3 is 2.79 bits per heavy atom. The second-order valence-electron chi connectivity index (χ2n) is 3.77. The molecule has 0 aliphatic heterocycles. The normalized spacial score (nSPS) is 10.1. The lowest BCUT2D eigenvalue weighted by Gasteiger charge is -2.06. The molecule has 0 aliphatic carbocycles. The van der Waals surface area contributed by atoms with Gasteiger partial charge in [-0.05, 0) is 18.2 Å². The lowest BCUT2D eigenvalue weighted by molar-refractivity contribution is 0.445. The van der Waals surface area contributed by atoms with Gasteiger partial charge in [0.1, 0.15) is 17.3 Å². The number of para-hydroxylation sites is 1. The van der Waals surface area contributed by atoms with Crippen molar-refractivity contribution in [1.82, 2.24) is 15.0 Å². The van der Waals surface area contributed by atoms with Crippen LogP contribution in [0.15, 0.2) is 48.8 Å². The summed E-state index contributed by atoms with van der Waals surface area (Å²) < 4.78 is 5.60. The van der Waals surface area contributed by atoms with Gasteiger partial charge < -0.3 is 4.74 Å². The van der Waals surface area contributed by atoms with Gasteiger partial charge in [-0.3, -0.25) is 4.98 Å². The molecule has 0 saturated heterocycles. The van der Waals surface area contributed by atoms with Crippen LogP contribution < -0.4 is 4.74 Å². The third-order valence-electron chi connectivity index (χ3n) is 2.54. The zero-order valence-electron chi connectivity index (χ0n) is 9.82. The minimum Gasteiger partial charge on any atom is -0.422 e. The molecule has 0 spiro atoms. The van der Waals surface area contributed by atoms with Crippen LogP contribution in [0.4, 0.5) is 0 Å². The Bertz CT molecular complexity index is 774. The molecular formula is C14H8N4O. The van der Waals surface area contributed by atoms with E-state index in [1.54, 1.807) is 12.3 Å². The van der Waals surface area contributed by atoms with Crippen LogP contribution in [0.1, 0.15) is 5.69 Å². The molecule has 1 aromatic carbocycles. The van der Waals surface area contributed by atoms with Crippen LogP contribution >= 0.6 is 0 Å². The maximum atomic E-state index is 8.79. The number of nitriles is 1. The number of hydrogen-bond donors (Lipinski definition) is 0. The summed E-state index contributed by atoms with van der Waals surface area (Å²) in [6.07, 6.45) is 3.18. The predicted octanol–water partition coefficient (Wildman–Crippen LogP) is 2.69. The van der Waals surface area contributed by atoms with E-state index >= 15 is 0 Å². The molecule has 2 heterocycles. The standard InChI is InChI=1S/C14H8N4O/c15-9-11-6-8-17-14(18-11)19-12-5-1-3-10-4-2-7-16-13(10)12/h1-8H. The van der Waals surface area contributed by atoms with E-state index in [1.807, 2.05) is 30.3 Å². The highest BCUT2D eigenvalue weighted by molar-refractivity contribution is 5.84. The van der Waals surface area contributed by atoms with Crippen molar-refractivity contribution in [2.45, 2.75) is 0 Å². The molecule has 0 N–H and O–H groups in total. The minimum atomic E-state index is 0.136. The Balaban J connectivity index is 2.04. The van der Waals surface area contributed by atoms with Gasteiger partial charge in [0, 0.05) is 17.8 Å². The lowest BCUT2D eigenvalue weighted by Crippen LogP contribution is -1.94. The van der Waals surface area contributed by atoms with Crippen molar-refractivity contribution < 1.29 is 4.74 Å². The van der Waals surface area contributed by atoms with Crippen molar-refractivity contribution >= 4 is 10.9 Å². The largest absolute Gasteiger partial charge is 0.422 e. The van der Waals surface area contributed by atoms with Gasteiger partial charge >= 0.3 is 6.01 Å². The number of nitrogens with zero attached hydrogens (tertiary/aromatic N) is 4. The quantitative estimate of drug-likeness (QED) is 0.697. The van der Waals surface area contributed by atoms with Crippen LogP contribution in [0.3, 0.4) is 0 Å². The number of rotatable bonds is 2. The molecule has 5 nitrogen and oxygen atoms in total. The molecule has 3 aromatic rings. The number of aromatic nitrogens is 3. The molecule has 3 rings (SSSR count). The molecule has 0 unspecified atom stereocenters. The highest BCUT2D eigenvalue weighted by Gasteiger charge is 2.06. The molecule has 0 radical (unpaired) electrons. The van der Waals surface area contributed by atoms with Crippen molar-refractivity contribution in [2.24, 2.45) is 0 Å². The average Bonchev–Trinajstić information content (AvgIpc) is 2.48. The summed E-state index contributed by atoms with van der Waals surface area (Å²) in [6.45, 7) is 0. The summed E-state index contributed by atoms with van der Waals surface area (Å²) in [5.74, 6) is 0.563. The zero-order valence-corrected chi connectivity index (χ0v) is 9.82. The molecule has 90 valence electrons. The number of benzene rings is 1. The Hall–Kier alpha value is -3.00. The SMILES string of the molecule is N#Cc1ccnc(Oc2cccc3cccnc23)n1. The van der Waals surface area contributed by atoms with E-state index in [0.717, 1.165) is 10.9 Å². The average molecular weight is 248 g/mol. The van der Waals surface area contributed by atoms with Gasteiger partial charge in [-0.15, -0.1) is 0 Å². The van der Waals surface area contributed by atoms with Gasteiger partial charge in [0.25, 0.3) is 0 Å². The topological polar surface area (TPSA) is 71.7 Å². The molecule has 5 heteroatoms.